The normalized spacial score (nSPS) is 19.2. The van der Waals surface area contributed by atoms with E-state index < -0.39 is 11.5 Å². The van der Waals surface area contributed by atoms with Gasteiger partial charge in [0.15, 0.2) is 5.78 Å². The number of H-pyrrole nitrogens is 1. The molecule has 4 rings (SSSR count). The van der Waals surface area contributed by atoms with Crippen LogP contribution >= 0.6 is 0 Å². The van der Waals surface area contributed by atoms with Crippen molar-refractivity contribution in [2.45, 2.75) is 44.6 Å². The topological polar surface area (TPSA) is 96.8 Å². The molecule has 0 radical (unpaired) electrons. The summed E-state index contributed by atoms with van der Waals surface area (Å²) in [6.07, 6.45) is 6.34. The summed E-state index contributed by atoms with van der Waals surface area (Å²) in [5.41, 5.74) is 2.81. The van der Waals surface area contributed by atoms with Crippen LogP contribution in [0.5, 0.6) is 0 Å². The van der Waals surface area contributed by atoms with E-state index in [1.165, 1.54) is 6.07 Å². The molecule has 7 nitrogen and oxygen atoms in total. The van der Waals surface area contributed by atoms with Gasteiger partial charge >= 0.3 is 0 Å². The van der Waals surface area contributed by atoms with E-state index in [-0.39, 0.29) is 17.4 Å². The van der Waals surface area contributed by atoms with Crippen molar-refractivity contribution in [3.05, 3.63) is 50.7 Å². The number of fused-ring (bicyclic) bond motifs is 2. The van der Waals surface area contributed by atoms with Gasteiger partial charge < -0.3 is 10.3 Å². The first-order valence-electron chi connectivity index (χ1n) is 8.65. The first kappa shape index (κ1) is 15.8. The summed E-state index contributed by atoms with van der Waals surface area (Å²) < 4.78 is 1.83. The molecule has 2 aliphatic carbocycles. The van der Waals surface area contributed by atoms with Gasteiger partial charge in [-0.1, -0.05) is 0 Å². The predicted octanol–water partition coefficient (Wildman–Crippen LogP) is 1.43. The summed E-state index contributed by atoms with van der Waals surface area (Å²) in [5.74, 6) is -0.456. The molecule has 7 heteroatoms. The third-order valence-corrected chi connectivity index (χ3v) is 5.18. The van der Waals surface area contributed by atoms with Crippen molar-refractivity contribution in [3.8, 4) is 0 Å². The molecule has 1 amide bonds. The molecule has 0 spiro atoms. The molecule has 2 heterocycles. The SMILES string of the molecule is Cn1ncc2c1CCC[C@H]2NC(=O)c1cc2c([nH]c1=O)CCCC2=O. The van der Waals surface area contributed by atoms with Crippen LogP contribution in [-0.2, 0) is 19.9 Å². The fourth-order valence-corrected chi connectivity index (χ4v) is 3.84. The Bertz CT molecular complexity index is 925. The number of aryl methyl sites for hydroxylation is 2. The van der Waals surface area contributed by atoms with Crippen LogP contribution in [0.3, 0.4) is 0 Å². The summed E-state index contributed by atoms with van der Waals surface area (Å²) in [4.78, 5) is 39.7. The molecule has 0 aromatic carbocycles. The van der Waals surface area contributed by atoms with Gasteiger partial charge in [0.25, 0.3) is 11.5 Å². The summed E-state index contributed by atoms with van der Waals surface area (Å²) in [6, 6.07) is 1.30. The van der Waals surface area contributed by atoms with Gasteiger partial charge in [-0.3, -0.25) is 19.1 Å². The molecule has 25 heavy (non-hydrogen) atoms. The standard InChI is InChI=1S/C18H20N4O3/c1-22-15-6-2-4-14(12(15)9-19-22)21-18(25)11-8-10-13(20-17(11)24)5-3-7-16(10)23/h8-9,14H,2-7H2,1H3,(H,20,24)(H,21,25)/t14-/m1/s1. The highest BCUT2D eigenvalue weighted by atomic mass is 16.2. The van der Waals surface area contributed by atoms with E-state index in [0.29, 0.717) is 24.1 Å². The van der Waals surface area contributed by atoms with E-state index >= 15 is 0 Å². The lowest BCUT2D eigenvalue weighted by Gasteiger charge is -2.24. The predicted molar refractivity (Wildman–Crippen MR) is 90.7 cm³/mol. The largest absolute Gasteiger partial charge is 0.345 e. The Kier molecular flexibility index (Phi) is 3.78. The highest BCUT2D eigenvalue weighted by molar-refractivity contribution is 6.01. The van der Waals surface area contributed by atoms with E-state index in [4.69, 9.17) is 0 Å². The Morgan fingerprint density at radius 3 is 2.96 bits per heavy atom. The van der Waals surface area contributed by atoms with Crippen molar-refractivity contribution >= 4 is 11.7 Å². The number of carbonyl (C=O) groups is 2. The van der Waals surface area contributed by atoms with Gasteiger partial charge in [0.05, 0.1) is 12.2 Å². The van der Waals surface area contributed by atoms with Gasteiger partial charge in [0.2, 0.25) is 0 Å². The van der Waals surface area contributed by atoms with Crippen LogP contribution in [0.25, 0.3) is 0 Å². The Labute approximate surface area is 144 Å². The average molecular weight is 340 g/mol. The average Bonchev–Trinajstić information content (AvgIpc) is 2.97. The first-order valence-corrected chi connectivity index (χ1v) is 8.65. The van der Waals surface area contributed by atoms with E-state index in [2.05, 4.69) is 15.4 Å². The smallest absolute Gasteiger partial charge is 0.261 e. The lowest BCUT2D eigenvalue weighted by molar-refractivity contribution is 0.0931. The van der Waals surface area contributed by atoms with Crippen LogP contribution in [0, 0.1) is 0 Å². The first-order chi connectivity index (χ1) is 12.0. The Morgan fingerprint density at radius 2 is 2.12 bits per heavy atom. The zero-order valence-corrected chi connectivity index (χ0v) is 14.1. The number of hydrogen-bond acceptors (Lipinski definition) is 4. The van der Waals surface area contributed by atoms with Crippen LogP contribution in [-0.4, -0.2) is 26.5 Å². The molecule has 0 aliphatic heterocycles. The molecule has 0 saturated heterocycles. The molecule has 2 aliphatic rings. The van der Waals surface area contributed by atoms with Crippen LogP contribution in [0.1, 0.15) is 69.4 Å². The van der Waals surface area contributed by atoms with Gasteiger partial charge in [-0.15, -0.1) is 0 Å². The second kappa shape index (κ2) is 5.98. The second-order valence-electron chi connectivity index (χ2n) is 6.77. The number of carbonyl (C=O) groups excluding carboxylic acids is 2. The van der Waals surface area contributed by atoms with Gasteiger partial charge in [0, 0.05) is 36.0 Å². The van der Waals surface area contributed by atoms with Gasteiger partial charge in [-0.25, -0.2) is 0 Å². The van der Waals surface area contributed by atoms with Crippen molar-refractivity contribution in [1.29, 1.82) is 0 Å². The number of Topliss-reactive ketones (excluding diaryl/α,β-unsaturated/α-hetero) is 1. The van der Waals surface area contributed by atoms with Gasteiger partial charge in [-0.2, -0.15) is 5.10 Å². The van der Waals surface area contributed by atoms with Gasteiger partial charge in [-0.05, 0) is 38.2 Å². The van der Waals surface area contributed by atoms with E-state index in [1.807, 2.05) is 11.7 Å². The molecular formula is C18H20N4O3. The van der Waals surface area contributed by atoms with Crippen LogP contribution < -0.4 is 10.9 Å². The Balaban J connectivity index is 1.63. The molecule has 0 saturated carbocycles. The molecule has 1 atom stereocenters. The minimum absolute atomic E-state index is 0.00464. The van der Waals surface area contributed by atoms with E-state index in [9.17, 15) is 14.4 Å². The number of aromatic nitrogens is 3. The van der Waals surface area contributed by atoms with Crippen LogP contribution in [0.4, 0.5) is 0 Å². The fourth-order valence-electron chi connectivity index (χ4n) is 3.84. The van der Waals surface area contributed by atoms with Crippen molar-refractivity contribution in [3.63, 3.8) is 0 Å². The molecule has 2 aromatic heterocycles. The number of nitrogens with one attached hydrogen (secondary N) is 2. The lowest BCUT2D eigenvalue weighted by atomic mass is 9.92. The fraction of sp³-hybridized carbons (Fsp3) is 0.444. The molecule has 0 unspecified atom stereocenters. The van der Waals surface area contributed by atoms with Crippen LogP contribution in [0.15, 0.2) is 17.1 Å². The highest BCUT2D eigenvalue weighted by Gasteiger charge is 2.27. The zero-order chi connectivity index (χ0) is 17.6. The summed E-state index contributed by atoms with van der Waals surface area (Å²) >= 11 is 0. The monoisotopic (exact) mass is 340 g/mol. The number of amides is 1. The number of pyridine rings is 1. The maximum atomic E-state index is 12.7. The molecule has 2 N–H and O–H groups in total. The third-order valence-electron chi connectivity index (χ3n) is 5.18. The Morgan fingerprint density at radius 1 is 1.28 bits per heavy atom. The molecule has 2 aromatic rings. The van der Waals surface area contributed by atoms with Crippen molar-refractivity contribution in [2.24, 2.45) is 7.05 Å². The maximum Gasteiger partial charge on any atom is 0.261 e. The number of ketones is 1. The van der Waals surface area contributed by atoms with E-state index in [0.717, 1.165) is 36.9 Å². The summed E-state index contributed by atoms with van der Waals surface area (Å²) in [7, 11) is 1.89. The lowest BCUT2D eigenvalue weighted by Crippen LogP contribution is -2.35. The van der Waals surface area contributed by atoms with Gasteiger partial charge in [0.1, 0.15) is 5.56 Å². The number of rotatable bonds is 2. The minimum Gasteiger partial charge on any atom is -0.345 e. The molecule has 0 bridgehead atoms. The Hall–Kier alpha value is -2.70. The van der Waals surface area contributed by atoms with Crippen LogP contribution in [0.2, 0.25) is 0 Å². The summed E-state index contributed by atoms with van der Waals surface area (Å²) in [5, 5.41) is 7.21. The quantitative estimate of drug-likeness (QED) is 0.864. The van der Waals surface area contributed by atoms with E-state index in [1.54, 1.807) is 6.20 Å². The summed E-state index contributed by atoms with van der Waals surface area (Å²) in [6.45, 7) is 0. The van der Waals surface area contributed by atoms with Crippen molar-refractivity contribution in [2.75, 3.05) is 0 Å². The van der Waals surface area contributed by atoms with Crippen molar-refractivity contribution < 1.29 is 9.59 Å². The molecule has 0 fully saturated rings. The number of aromatic amines is 1. The number of hydrogen-bond donors (Lipinski definition) is 2. The number of nitrogens with zero attached hydrogens (tertiary/aromatic N) is 2. The maximum absolute atomic E-state index is 12.7. The zero-order valence-electron chi connectivity index (χ0n) is 14.1. The molecule has 130 valence electrons. The van der Waals surface area contributed by atoms with Crippen molar-refractivity contribution in [1.82, 2.24) is 20.1 Å². The molecular weight excluding hydrogens is 320 g/mol. The second-order valence-corrected chi connectivity index (χ2v) is 6.77. The highest BCUT2D eigenvalue weighted by Crippen LogP contribution is 2.29. The third kappa shape index (κ3) is 2.69. The minimum atomic E-state index is -0.441.